The monoisotopic (exact) mass is 473 g/mol. The molecule has 0 bridgehead atoms. The van der Waals surface area contributed by atoms with E-state index in [9.17, 15) is 14.4 Å². The van der Waals surface area contributed by atoms with Crippen molar-refractivity contribution in [2.24, 2.45) is 0 Å². The lowest BCUT2D eigenvalue weighted by molar-refractivity contribution is -0.137. The van der Waals surface area contributed by atoms with Crippen LogP contribution in [0.25, 0.3) is 0 Å². The molecule has 172 valence electrons. The van der Waals surface area contributed by atoms with E-state index < -0.39 is 11.8 Å². The number of benzene rings is 3. The molecular formula is C27H24ClN3O3. The number of imide groups is 1. The van der Waals surface area contributed by atoms with Gasteiger partial charge in [0.05, 0.1) is 0 Å². The highest BCUT2D eigenvalue weighted by molar-refractivity contribution is 6.48. The number of hydrogen-bond donors (Lipinski definition) is 2. The molecule has 0 spiro atoms. The van der Waals surface area contributed by atoms with Crippen LogP contribution in [0, 0.1) is 0 Å². The number of hydrogen-bond acceptors (Lipinski definition) is 4. The van der Waals surface area contributed by atoms with E-state index in [1.165, 1.54) is 0 Å². The second-order valence-corrected chi connectivity index (χ2v) is 8.26. The Balaban J connectivity index is 1.32. The summed E-state index contributed by atoms with van der Waals surface area (Å²) in [6, 6.07) is 26.2. The third-order valence-corrected chi connectivity index (χ3v) is 5.89. The molecular weight excluding hydrogens is 450 g/mol. The summed E-state index contributed by atoms with van der Waals surface area (Å²) in [7, 11) is 0. The minimum Gasteiger partial charge on any atom is -0.352 e. The molecule has 3 aromatic carbocycles. The molecule has 1 aliphatic heterocycles. The van der Waals surface area contributed by atoms with E-state index in [1.807, 2.05) is 60.7 Å². The number of nitrogens with zero attached hydrogens (tertiary/aromatic N) is 1. The first-order valence-electron chi connectivity index (χ1n) is 11.0. The van der Waals surface area contributed by atoms with Crippen LogP contribution in [0.2, 0.25) is 0 Å². The summed E-state index contributed by atoms with van der Waals surface area (Å²) in [5, 5.41) is 5.69. The molecule has 0 radical (unpaired) electrons. The molecule has 0 aliphatic carbocycles. The summed E-state index contributed by atoms with van der Waals surface area (Å²) < 4.78 is 0. The molecule has 0 unspecified atom stereocenters. The predicted molar refractivity (Wildman–Crippen MR) is 132 cm³/mol. The van der Waals surface area contributed by atoms with Gasteiger partial charge in [0.1, 0.15) is 10.7 Å². The van der Waals surface area contributed by atoms with Crippen LogP contribution in [0.1, 0.15) is 21.5 Å². The molecule has 0 fully saturated rings. The molecule has 4 rings (SSSR count). The molecule has 0 aromatic heterocycles. The van der Waals surface area contributed by atoms with Gasteiger partial charge in [-0.15, -0.1) is 0 Å². The van der Waals surface area contributed by atoms with E-state index in [4.69, 9.17) is 11.6 Å². The molecule has 0 saturated carbocycles. The third-order valence-electron chi connectivity index (χ3n) is 5.54. The van der Waals surface area contributed by atoms with Gasteiger partial charge in [0, 0.05) is 24.3 Å². The summed E-state index contributed by atoms with van der Waals surface area (Å²) in [4.78, 5) is 38.9. The Labute approximate surface area is 203 Å². The SMILES string of the molecule is O=C(NCCc1ccccc1)c1ccc(NC2=C(Cl)C(=O)N(CCc3ccccc3)C2=O)cc1. The number of halogens is 1. The average molecular weight is 474 g/mol. The molecule has 2 N–H and O–H groups in total. The van der Waals surface area contributed by atoms with E-state index in [0.717, 1.165) is 22.4 Å². The Morgan fingerprint density at radius 3 is 1.97 bits per heavy atom. The van der Waals surface area contributed by atoms with E-state index in [2.05, 4.69) is 10.6 Å². The molecule has 34 heavy (non-hydrogen) atoms. The molecule has 3 aromatic rings. The fourth-order valence-electron chi connectivity index (χ4n) is 3.66. The minimum absolute atomic E-state index is 0.0415. The highest BCUT2D eigenvalue weighted by atomic mass is 35.5. The number of carbonyl (C=O) groups excluding carboxylic acids is 3. The number of anilines is 1. The largest absolute Gasteiger partial charge is 0.352 e. The van der Waals surface area contributed by atoms with Gasteiger partial charge in [-0.1, -0.05) is 72.3 Å². The zero-order valence-corrected chi connectivity index (χ0v) is 19.2. The summed E-state index contributed by atoms with van der Waals surface area (Å²) >= 11 is 6.18. The normalized spacial score (nSPS) is 13.4. The van der Waals surface area contributed by atoms with Crippen molar-refractivity contribution >= 4 is 35.0 Å². The summed E-state index contributed by atoms with van der Waals surface area (Å²) in [6.07, 6.45) is 1.29. The first-order valence-corrected chi connectivity index (χ1v) is 11.4. The predicted octanol–water partition coefficient (Wildman–Crippen LogP) is 4.13. The van der Waals surface area contributed by atoms with Gasteiger partial charge in [0.25, 0.3) is 17.7 Å². The number of nitrogens with one attached hydrogen (secondary N) is 2. The fraction of sp³-hybridized carbons (Fsp3) is 0.148. The maximum absolute atomic E-state index is 12.8. The maximum atomic E-state index is 12.8. The Kier molecular flexibility index (Phi) is 7.40. The van der Waals surface area contributed by atoms with Gasteiger partial charge < -0.3 is 10.6 Å². The van der Waals surface area contributed by atoms with Crippen molar-refractivity contribution in [3.05, 3.63) is 112 Å². The zero-order valence-electron chi connectivity index (χ0n) is 18.5. The van der Waals surface area contributed by atoms with Gasteiger partial charge in [0.15, 0.2) is 0 Å². The Morgan fingerprint density at radius 2 is 1.35 bits per heavy atom. The molecule has 6 nitrogen and oxygen atoms in total. The highest BCUT2D eigenvalue weighted by Crippen LogP contribution is 2.26. The number of carbonyl (C=O) groups is 3. The lowest BCUT2D eigenvalue weighted by Gasteiger charge is -2.15. The Bertz CT molecular complexity index is 1210. The van der Waals surface area contributed by atoms with Crippen LogP contribution in [0.5, 0.6) is 0 Å². The first kappa shape index (κ1) is 23.3. The fourth-order valence-corrected chi connectivity index (χ4v) is 3.89. The second-order valence-electron chi connectivity index (χ2n) is 7.88. The van der Waals surface area contributed by atoms with Gasteiger partial charge in [-0.3, -0.25) is 19.3 Å². The number of amides is 3. The highest BCUT2D eigenvalue weighted by Gasteiger charge is 2.37. The van der Waals surface area contributed by atoms with Crippen molar-refractivity contribution < 1.29 is 14.4 Å². The summed E-state index contributed by atoms with van der Waals surface area (Å²) in [5.74, 6) is -1.16. The van der Waals surface area contributed by atoms with E-state index in [1.54, 1.807) is 24.3 Å². The third kappa shape index (κ3) is 5.53. The molecule has 7 heteroatoms. The van der Waals surface area contributed by atoms with E-state index in [-0.39, 0.29) is 23.2 Å². The van der Waals surface area contributed by atoms with E-state index in [0.29, 0.717) is 24.2 Å². The smallest absolute Gasteiger partial charge is 0.278 e. The van der Waals surface area contributed by atoms with Crippen LogP contribution in [-0.4, -0.2) is 35.7 Å². The first-order chi connectivity index (χ1) is 16.5. The van der Waals surface area contributed by atoms with Crippen molar-refractivity contribution in [3.63, 3.8) is 0 Å². The van der Waals surface area contributed by atoms with Crippen LogP contribution < -0.4 is 10.6 Å². The van der Waals surface area contributed by atoms with Crippen LogP contribution in [0.15, 0.2) is 95.7 Å². The van der Waals surface area contributed by atoms with Crippen molar-refractivity contribution in [2.75, 3.05) is 18.4 Å². The van der Waals surface area contributed by atoms with E-state index >= 15 is 0 Å². The second kappa shape index (κ2) is 10.8. The molecule has 0 atom stereocenters. The molecule has 1 aliphatic rings. The average Bonchev–Trinajstić information content (AvgIpc) is 3.07. The molecule has 3 amide bonds. The van der Waals surface area contributed by atoms with Gasteiger partial charge in [-0.2, -0.15) is 0 Å². The van der Waals surface area contributed by atoms with Crippen LogP contribution in [0.4, 0.5) is 5.69 Å². The minimum atomic E-state index is -0.514. The summed E-state index contributed by atoms with van der Waals surface area (Å²) in [5.41, 5.74) is 3.27. The van der Waals surface area contributed by atoms with Crippen molar-refractivity contribution in [2.45, 2.75) is 12.8 Å². The molecule has 1 heterocycles. The lowest BCUT2D eigenvalue weighted by atomic mass is 10.1. The Morgan fingerprint density at radius 1 is 0.765 bits per heavy atom. The summed E-state index contributed by atoms with van der Waals surface area (Å²) in [6.45, 7) is 0.770. The maximum Gasteiger partial charge on any atom is 0.278 e. The Hall–Kier alpha value is -3.90. The van der Waals surface area contributed by atoms with Crippen LogP contribution in [0.3, 0.4) is 0 Å². The van der Waals surface area contributed by atoms with Crippen molar-refractivity contribution in [1.29, 1.82) is 0 Å². The van der Waals surface area contributed by atoms with Gasteiger partial charge in [-0.05, 0) is 48.2 Å². The van der Waals surface area contributed by atoms with Gasteiger partial charge >= 0.3 is 0 Å². The standard InChI is InChI=1S/C27H24ClN3O3/c28-23-24(27(34)31(26(23)33)18-16-20-9-5-2-6-10-20)30-22-13-11-21(12-14-22)25(32)29-17-15-19-7-3-1-4-8-19/h1-14,30H,15-18H2,(H,29,32). The van der Waals surface area contributed by atoms with Crippen LogP contribution >= 0.6 is 11.6 Å². The zero-order chi connectivity index (χ0) is 23.9. The van der Waals surface area contributed by atoms with Gasteiger partial charge in [-0.25, -0.2) is 0 Å². The number of rotatable bonds is 9. The van der Waals surface area contributed by atoms with Gasteiger partial charge in [0.2, 0.25) is 0 Å². The molecule has 0 saturated heterocycles. The van der Waals surface area contributed by atoms with Crippen molar-refractivity contribution in [3.8, 4) is 0 Å². The van der Waals surface area contributed by atoms with Crippen LogP contribution in [-0.2, 0) is 22.4 Å². The topological polar surface area (TPSA) is 78.5 Å². The van der Waals surface area contributed by atoms with Crippen molar-refractivity contribution in [1.82, 2.24) is 10.2 Å². The quantitative estimate of drug-likeness (QED) is 0.458. The lowest BCUT2D eigenvalue weighted by Crippen LogP contribution is -2.34.